The molecule has 1 unspecified atom stereocenters. The van der Waals surface area contributed by atoms with Crippen LogP contribution in [0.5, 0.6) is 0 Å². The lowest BCUT2D eigenvalue weighted by atomic mass is 10.3. The summed E-state index contributed by atoms with van der Waals surface area (Å²) in [5.74, 6) is 1.54. The molecule has 0 amide bonds. The van der Waals surface area contributed by atoms with Gasteiger partial charge >= 0.3 is 0 Å². The van der Waals surface area contributed by atoms with Crippen LogP contribution in [0, 0.1) is 0 Å². The van der Waals surface area contributed by atoms with Gasteiger partial charge in [-0.25, -0.2) is 15.0 Å². The lowest BCUT2D eigenvalue weighted by Gasteiger charge is -2.17. The molecule has 0 spiro atoms. The Hall–Kier alpha value is -1.88. The van der Waals surface area contributed by atoms with Crippen molar-refractivity contribution in [1.82, 2.24) is 24.1 Å². The normalized spacial score (nSPS) is 12.9. The number of rotatable bonds is 5. The number of pyridine rings is 1. The van der Waals surface area contributed by atoms with Crippen LogP contribution < -0.4 is 0 Å². The van der Waals surface area contributed by atoms with Crippen LogP contribution in [0.3, 0.4) is 0 Å². The minimum atomic E-state index is 0.238. The zero-order chi connectivity index (χ0) is 13.9. The van der Waals surface area contributed by atoms with Gasteiger partial charge in [-0.1, -0.05) is 0 Å². The van der Waals surface area contributed by atoms with Gasteiger partial charge in [0.25, 0.3) is 0 Å². The minimum Gasteiger partial charge on any atom is -0.335 e. The highest BCUT2D eigenvalue weighted by molar-refractivity contribution is 6.17. The second-order valence-corrected chi connectivity index (χ2v) is 5.17. The predicted octanol–water partition coefficient (Wildman–Crippen LogP) is 2.67. The van der Waals surface area contributed by atoms with Gasteiger partial charge in [-0.2, -0.15) is 0 Å². The van der Waals surface area contributed by atoms with E-state index < -0.39 is 0 Å². The third-order valence-corrected chi connectivity index (χ3v) is 3.50. The summed E-state index contributed by atoms with van der Waals surface area (Å²) in [6.45, 7) is 2.99. The Balaban J connectivity index is 2.01. The molecule has 0 saturated heterocycles. The highest BCUT2D eigenvalue weighted by Crippen LogP contribution is 2.21. The second kappa shape index (κ2) is 5.63. The van der Waals surface area contributed by atoms with Crippen LogP contribution in [0.1, 0.15) is 18.8 Å². The van der Waals surface area contributed by atoms with Crippen LogP contribution in [0.2, 0.25) is 0 Å². The molecule has 0 aliphatic carbocycles. The summed E-state index contributed by atoms with van der Waals surface area (Å²) in [6, 6.07) is 4.13. The number of aromatic nitrogens is 5. The van der Waals surface area contributed by atoms with Crippen molar-refractivity contribution in [1.29, 1.82) is 0 Å². The molecule has 3 aromatic rings. The van der Waals surface area contributed by atoms with Crippen molar-refractivity contribution in [3.8, 4) is 0 Å². The standard InChI is InChI=1S/C14H16ClN5/c1-11(9-19-8-7-16-10-19)20-13(4-5-15)18-12-3-2-6-17-14(12)20/h2-3,6-8,10-11H,4-5,9H2,1H3. The fraction of sp³-hybridized carbons (Fsp3) is 0.357. The number of aryl methyl sites for hydroxylation is 1. The van der Waals surface area contributed by atoms with Gasteiger partial charge < -0.3 is 9.13 Å². The van der Waals surface area contributed by atoms with E-state index in [2.05, 4.69) is 31.0 Å². The molecule has 1 atom stereocenters. The van der Waals surface area contributed by atoms with Crippen LogP contribution in [-0.2, 0) is 13.0 Å². The van der Waals surface area contributed by atoms with E-state index in [-0.39, 0.29) is 6.04 Å². The highest BCUT2D eigenvalue weighted by atomic mass is 35.5. The Bertz CT molecular complexity index is 689. The zero-order valence-corrected chi connectivity index (χ0v) is 12.0. The van der Waals surface area contributed by atoms with Crippen molar-refractivity contribution in [3.63, 3.8) is 0 Å². The molecule has 104 valence electrons. The molecule has 0 aliphatic rings. The van der Waals surface area contributed by atoms with Crippen molar-refractivity contribution in [3.05, 3.63) is 42.9 Å². The van der Waals surface area contributed by atoms with Crippen molar-refractivity contribution in [2.75, 3.05) is 5.88 Å². The molecule has 0 aliphatic heterocycles. The van der Waals surface area contributed by atoms with E-state index in [9.17, 15) is 0 Å². The van der Waals surface area contributed by atoms with Gasteiger partial charge in [-0.05, 0) is 19.1 Å². The third kappa shape index (κ3) is 2.41. The average Bonchev–Trinajstić information content (AvgIpc) is 3.05. The quantitative estimate of drug-likeness (QED) is 0.679. The average molecular weight is 290 g/mol. The number of imidazole rings is 2. The number of halogens is 1. The summed E-state index contributed by atoms with van der Waals surface area (Å²) in [5, 5.41) is 0. The van der Waals surface area contributed by atoms with E-state index in [0.29, 0.717) is 5.88 Å². The summed E-state index contributed by atoms with van der Waals surface area (Å²) in [4.78, 5) is 13.2. The Morgan fingerprint density at radius 3 is 3.00 bits per heavy atom. The summed E-state index contributed by atoms with van der Waals surface area (Å²) in [6.07, 6.45) is 8.12. The van der Waals surface area contributed by atoms with Crippen molar-refractivity contribution >= 4 is 22.8 Å². The third-order valence-electron chi connectivity index (χ3n) is 3.31. The summed E-state index contributed by atoms with van der Waals surface area (Å²) in [7, 11) is 0. The van der Waals surface area contributed by atoms with Gasteiger partial charge in [0.15, 0.2) is 5.65 Å². The fourth-order valence-electron chi connectivity index (χ4n) is 2.48. The molecule has 0 bridgehead atoms. The maximum Gasteiger partial charge on any atom is 0.160 e. The fourth-order valence-corrected chi connectivity index (χ4v) is 2.65. The molecule has 3 heterocycles. The lowest BCUT2D eigenvalue weighted by molar-refractivity contribution is 0.459. The number of hydrogen-bond donors (Lipinski definition) is 0. The Labute approximate surface area is 122 Å². The SMILES string of the molecule is CC(Cn1ccnc1)n1c(CCCl)nc2cccnc21. The summed E-state index contributed by atoms with van der Waals surface area (Å²) in [5.41, 5.74) is 1.84. The van der Waals surface area contributed by atoms with E-state index >= 15 is 0 Å². The Morgan fingerprint density at radius 2 is 2.25 bits per heavy atom. The van der Waals surface area contributed by atoms with E-state index in [1.54, 1.807) is 12.4 Å². The second-order valence-electron chi connectivity index (χ2n) is 4.79. The molecule has 0 radical (unpaired) electrons. The highest BCUT2D eigenvalue weighted by Gasteiger charge is 2.16. The topological polar surface area (TPSA) is 48.5 Å². The molecular formula is C14H16ClN5. The molecule has 5 nitrogen and oxygen atoms in total. The first kappa shape index (κ1) is 13.1. The molecule has 3 aromatic heterocycles. The maximum absolute atomic E-state index is 5.89. The monoisotopic (exact) mass is 289 g/mol. The largest absolute Gasteiger partial charge is 0.335 e. The van der Waals surface area contributed by atoms with E-state index in [0.717, 1.165) is 30.0 Å². The summed E-state index contributed by atoms with van der Waals surface area (Å²) < 4.78 is 4.24. The Morgan fingerprint density at radius 1 is 1.35 bits per heavy atom. The number of nitrogens with zero attached hydrogens (tertiary/aromatic N) is 5. The van der Waals surface area contributed by atoms with Gasteiger partial charge in [-0.15, -0.1) is 11.6 Å². The molecule has 0 N–H and O–H groups in total. The van der Waals surface area contributed by atoms with Gasteiger partial charge in [0.2, 0.25) is 0 Å². The van der Waals surface area contributed by atoms with Crippen molar-refractivity contribution < 1.29 is 0 Å². The van der Waals surface area contributed by atoms with Crippen LogP contribution >= 0.6 is 11.6 Å². The van der Waals surface area contributed by atoms with Gasteiger partial charge in [0.05, 0.1) is 12.4 Å². The van der Waals surface area contributed by atoms with Gasteiger partial charge in [0, 0.05) is 37.4 Å². The molecular weight excluding hydrogens is 274 g/mol. The van der Waals surface area contributed by atoms with Crippen LogP contribution in [-0.4, -0.2) is 30.0 Å². The van der Waals surface area contributed by atoms with E-state index in [4.69, 9.17) is 11.6 Å². The number of hydrogen-bond acceptors (Lipinski definition) is 3. The predicted molar refractivity (Wildman–Crippen MR) is 78.9 cm³/mol. The number of alkyl halides is 1. The number of fused-ring (bicyclic) bond motifs is 1. The molecule has 0 fully saturated rings. The van der Waals surface area contributed by atoms with E-state index in [1.807, 2.05) is 24.7 Å². The summed E-state index contributed by atoms with van der Waals surface area (Å²) >= 11 is 5.89. The van der Waals surface area contributed by atoms with Crippen LogP contribution in [0.15, 0.2) is 37.1 Å². The smallest absolute Gasteiger partial charge is 0.160 e. The van der Waals surface area contributed by atoms with Crippen molar-refractivity contribution in [2.45, 2.75) is 25.9 Å². The molecule has 3 rings (SSSR count). The first-order valence-corrected chi connectivity index (χ1v) is 7.16. The zero-order valence-electron chi connectivity index (χ0n) is 11.3. The molecule has 0 saturated carbocycles. The van der Waals surface area contributed by atoms with Crippen LogP contribution in [0.25, 0.3) is 11.2 Å². The Kier molecular flexibility index (Phi) is 3.69. The maximum atomic E-state index is 5.89. The van der Waals surface area contributed by atoms with Crippen molar-refractivity contribution in [2.24, 2.45) is 0 Å². The van der Waals surface area contributed by atoms with Crippen LogP contribution in [0.4, 0.5) is 0 Å². The van der Waals surface area contributed by atoms with E-state index in [1.165, 1.54) is 0 Å². The minimum absolute atomic E-state index is 0.238. The molecule has 6 heteroatoms. The molecule has 0 aromatic carbocycles. The van der Waals surface area contributed by atoms with Gasteiger partial charge in [0.1, 0.15) is 11.3 Å². The van der Waals surface area contributed by atoms with Gasteiger partial charge in [-0.3, -0.25) is 0 Å². The first-order chi connectivity index (χ1) is 9.79. The molecule has 20 heavy (non-hydrogen) atoms. The lowest BCUT2D eigenvalue weighted by Crippen LogP contribution is -2.15. The first-order valence-electron chi connectivity index (χ1n) is 6.63.